The molecule has 1 aromatic carbocycles. The largest absolute Gasteiger partial charge is 0.339 e. The van der Waals surface area contributed by atoms with Crippen molar-refractivity contribution >= 4 is 5.91 Å². The SMILES string of the molecule is CCn1ccc(CC(=O)N2CCCCC2CCc2ccccc2)n1. The highest BCUT2D eigenvalue weighted by Crippen LogP contribution is 2.22. The molecule has 1 aliphatic rings. The maximum Gasteiger partial charge on any atom is 0.228 e. The molecule has 128 valence electrons. The average Bonchev–Trinajstić information content (AvgIpc) is 3.08. The van der Waals surface area contributed by atoms with Crippen molar-refractivity contribution in [3.8, 4) is 0 Å². The van der Waals surface area contributed by atoms with Crippen LogP contribution in [0.1, 0.15) is 43.9 Å². The van der Waals surface area contributed by atoms with Gasteiger partial charge in [0, 0.05) is 25.3 Å². The summed E-state index contributed by atoms with van der Waals surface area (Å²) in [5.41, 5.74) is 2.24. The van der Waals surface area contributed by atoms with Gasteiger partial charge in [0.05, 0.1) is 12.1 Å². The highest BCUT2D eigenvalue weighted by Gasteiger charge is 2.26. The lowest BCUT2D eigenvalue weighted by Gasteiger charge is -2.36. The highest BCUT2D eigenvalue weighted by molar-refractivity contribution is 5.78. The van der Waals surface area contributed by atoms with Crippen molar-refractivity contribution < 1.29 is 4.79 Å². The van der Waals surface area contributed by atoms with Gasteiger partial charge in [-0.05, 0) is 50.7 Å². The van der Waals surface area contributed by atoms with Crippen LogP contribution >= 0.6 is 0 Å². The van der Waals surface area contributed by atoms with E-state index in [-0.39, 0.29) is 5.91 Å². The molecule has 1 fully saturated rings. The van der Waals surface area contributed by atoms with Crippen molar-refractivity contribution in [3.63, 3.8) is 0 Å². The number of nitrogens with zero attached hydrogens (tertiary/aromatic N) is 3. The van der Waals surface area contributed by atoms with Gasteiger partial charge in [0.15, 0.2) is 0 Å². The number of hydrogen-bond acceptors (Lipinski definition) is 2. The summed E-state index contributed by atoms with van der Waals surface area (Å²) in [6, 6.07) is 12.9. The van der Waals surface area contributed by atoms with Gasteiger partial charge in [0.1, 0.15) is 0 Å². The Morgan fingerprint density at radius 3 is 2.79 bits per heavy atom. The van der Waals surface area contributed by atoms with E-state index in [2.05, 4.69) is 47.3 Å². The molecular weight excluding hydrogens is 298 g/mol. The molecular formula is C20H27N3O. The normalized spacial score (nSPS) is 17.9. The number of benzene rings is 1. The topological polar surface area (TPSA) is 38.1 Å². The van der Waals surface area contributed by atoms with E-state index in [0.717, 1.165) is 44.5 Å². The first kappa shape index (κ1) is 16.7. The van der Waals surface area contributed by atoms with Gasteiger partial charge in [-0.1, -0.05) is 30.3 Å². The second-order valence-electron chi connectivity index (χ2n) is 6.60. The zero-order chi connectivity index (χ0) is 16.8. The number of carbonyl (C=O) groups excluding carboxylic acids is 1. The summed E-state index contributed by atoms with van der Waals surface area (Å²) in [7, 11) is 0. The van der Waals surface area contributed by atoms with Crippen LogP contribution in [0, 0.1) is 0 Å². The molecule has 0 bridgehead atoms. The third-order valence-corrected chi connectivity index (χ3v) is 4.91. The van der Waals surface area contributed by atoms with E-state index in [9.17, 15) is 4.79 Å². The summed E-state index contributed by atoms with van der Waals surface area (Å²) in [6.07, 6.45) is 7.95. The van der Waals surface area contributed by atoms with Crippen molar-refractivity contribution in [3.05, 3.63) is 53.9 Å². The number of piperidine rings is 1. The quantitative estimate of drug-likeness (QED) is 0.816. The average molecular weight is 325 g/mol. The lowest BCUT2D eigenvalue weighted by molar-refractivity contribution is -0.134. The van der Waals surface area contributed by atoms with Gasteiger partial charge in [-0.3, -0.25) is 9.48 Å². The number of hydrogen-bond donors (Lipinski definition) is 0. The van der Waals surface area contributed by atoms with Crippen molar-refractivity contribution in [1.82, 2.24) is 14.7 Å². The molecule has 2 aromatic rings. The first-order valence-corrected chi connectivity index (χ1v) is 9.12. The minimum absolute atomic E-state index is 0.231. The fourth-order valence-electron chi connectivity index (χ4n) is 3.54. The molecule has 3 rings (SSSR count). The molecule has 4 nitrogen and oxygen atoms in total. The fourth-order valence-corrected chi connectivity index (χ4v) is 3.54. The summed E-state index contributed by atoms with van der Waals surface area (Å²) in [6.45, 7) is 3.80. The zero-order valence-electron chi connectivity index (χ0n) is 14.5. The molecule has 2 heterocycles. The molecule has 0 saturated carbocycles. The second-order valence-corrected chi connectivity index (χ2v) is 6.60. The Hall–Kier alpha value is -2.10. The Morgan fingerprint density at radius 2 is 2.04 bits per heavy atom. The van der Waals surface area contributed by atoms with E-state index in [4.69, 9.17) is 0 Å². The van der Waals surface area contributed by atoms with E-state index in [1.165, 1.54) is 12.0 Å². The van der Waals surface area contributed by atoms with E-state index in [0.29, 0.717) is 12.5 Å². The van der Waals surface area contributed by atoms with Gasteiger partial charge in [-0.15, -0.1) is 0 Å². The predicted molar refractivity (Wildman–Crippen MR) is 95.7 cm³/mol. The van der Waals surface area contributed by atoms with E-state index >= 15 is 0 Å². The molecule has 0 aliphatic carbocycles. The van der Waals surface area contributed by atoms with Crippen LogP contribution in [0.4, 0.5) is 0 Å². The third-order valence-electron chi connectivity index (χ3n) is 4.91. The smallest absolute Gasteiger partial charge is 0.228 e. The molecule has 0 spiro atoms. The fraction of sp³-hybridized carbons (Fsp3) is 0.500. The van der Waals surface area contributed by atoms with E-state index in [1.54, 1.807) is 0 Å². The summed E-state index contributed by atoms with van der Waals surface area (Å²) in [5.74, 6) is 0.231. The van der Waals surface area contributed by atoms with Gasteiger partial charge in [0.2, 0.25) is 5.91 Å². The van der Waals surface area contributed by atoms with Crippen LogP contribution in [0.25, 0.3) is 0 Å². The molecule has 1 atom stereocenters. The number of rotatable bonds is 6. The Kier molecular flexibility index (Phi) is 5.68. The van der Waals surface area contributed by atoms with E-state index < -0.39 is 0 Å². The second kappa shape index (κ2) is 8.13. The van der Waals surface area contributed by atoms with Gasteiger partial charge in [-0.2, -0.15) is 5.10 Å². The predicted octanol–water partition coefficient (Wildman–Crippen LogP) is 3.46. The lowest BCUT2D eigenvalue weighted by Crippen LogP contribution is -2.44. The molecule has 0 radical (unpaired) electrons. The van der Waals surface area contributed by atoms with Gasteiger partial charge in [0.25, 0.3) is 0 Å². The molecule has 0 N–H and O–H groups in total. The Morgan fingerprint density at radius 1 is 1.21 bits per heavy atom. The van der Waals surface area contributed by atoms with Crippen LogP contribution in [-0.4, -0.2) is 33.2 Å². The number of likely N-dealkylation sites (tertiary alicyclic amines) is 1. The summed E-state index contributed by atoms with van der Waals surface area (Å²) >= 11 is 0. The maximum absolute atomic E-state index is 12.8. The first-order chi connectivity index (χ1) is 11.8. The molecule has 1 aliphatic heterocycles. The minimum Gasteiger partial charge on any atom is -0.339 e. The highest BCUT2D eigenvalue weighted by atomic mass is 16.2. The van der Waals surface area contributed by atoms with Gasteiger partial charge >= 0.3 is 0 Å². The molecule has 24 heavy (non-hydrogen) atoms. The summed E-state index contributed by atoms with van der Waals surface area (Å²) in [4.78, 5) is 14.9. The number of aryl methyl sites for hydroxylation is 2. The van der Waals surface area contributed by atoms with E-state index in [1.807, 2.05) is 16.9 Å². The third kappa shape index (κ3) is 4.25. The standard InChI is InChI=1S/C20H27N3O/c1-2-22-15-13-18(21-22)16-20(24)23-14-7-6-10-19(23)12-11-17-8-4-3-5-9-17/h3-5,8-9,13,15,19H,2,6-7,10-12,14,16H2,1H3. The summed E-state index contributed by atoms with van der Waals surface area (Å²) < 4.78 is 1.88. The lowest BCUT2D eigenvalue weighted by atomic mass is 9.95. The van der Waals surface area contributed by atoms with Crippen LogP contribution in [0.15, 0.2) is 42.6 Å². The van der Waals surface area contributed by atoms with Gasteiger partial charge < -0.3 is 4.90 Å². The first-order valence-electron chi connectivity index (χ1n) is 9.12. The van der Waals surface area contributed by atoms with Crippen LogP contribution in [0.5, 0.6) is 0 Å². The van der Waals surface area contributed by atoms with Crippen LogP contribution in [0.3, 0.4) is 0 Å². The van der Waals surface area contributed by atoms with Crippen molar-refractivity contribution in [1.29, 1.82) is 0 Å². The molecule has 1 aromatic heterocycles. The monoisotopic (exact) mass is 325 g/mol. The van der Waals surface area contributed by atoms with Crippen LogP contribution in [-0.2, 0) is 24.2 Å². The Balaban J connectivity index is 1.59. The zero-order valence-corrected chi connectivity index (χ0v) is 14.5. The molecule has 1 unspecified atom stereocenters. The molecule has 4 heteroatoms. The van der Waals surface area contributed by atoms with Crippen molar-refractivity contribution in [2.45, 2.75) is 58.0 Å². The molecule has 1 saturated heterocycles. The number of carbonyl (C=O) groups is 1. The van der Waals surface area contributed by atoms with Crippen molar-refractivity contribution in [2.24, 2.45) is 0 Å². The summed E-state index contributed by atoms with van der Waals surface area (Å²) in [5, 5.41) is 4.45. The van der Waals surface area contributed by atoms with Gasteiger partial charge in [-0.25, -0.2) is 0 Å². The number of aromatic nitrogens is 2. The Bertz CT molecular complexity index is 650. The van der Waals surface area contributed by atoms with Crippen LogP contribution < -0.4 is 0 Å². The van der Waals surface area contributed by atoms with Crippen LogP contribution in [0.2, 0.25) is 0 Å². The maximum atomic E-state index is 12.8. The Labute approximate surface area is 144 Å². The van der Waals surface area contributed by atoms with Crippen molar-refractivity contribution in [2.75, 3.05) is 6.54 Å². The number of amides is 1. The minimum atomic E-state index is 0.231. The molecule has 1 amide bonds.